The molecule has 3 aromatic rings. The van der Waals surface area contributed by atoms with Crippen LogP contribution in [-0.4, -0.2) is 45.5 Å². The van der Waals surface area contributed by atoms with E-state index in [1.165, 1.54) is 27.2 Å². The number of rotatable bonds is 9. The van der Waals surface area contributed by atoms with E-state index in [1.54, 1.807) is 28.8 Å². The van der Waals surface area contributed by atoms with E-state index in [2.05, 4.69) is 0 Å². The van der Waals surface area contributed by atoms with Crippen molar-refractivity contribution in [3.8, 4) is 11.5 Å². The van der Waals surface area contributed by atoms with Crippen molar-refractivity contribution < 1.29 is 29.3 Å². The Morgan fingerprint density at radius 3 is 2.31 bits per heavy atom. The number of hydrogen-bond acceptors (Lipinski definition) is 7. The van der Waals surface area contributed by atoms with Gasteiger partial charge >= 0.3 is 11.9 Å². The zero-order valence-corrected chi connectivity index (χ0v) is 20.9. The molecule has 1 atom stereocenters. The maximum Gasteiger partial charge on any atom is 0.323 e. The second-order valence-corrected chi connectivity index (χ2v) is 9.04. The summed E-state index contributed by atoms with van der Waals surface area (Å²) in [6.45, 7) is 5.12. The molecule has 0 bridgehead atoms. The minimum absolute atomic E-state index is 0.0972. The number of benzene rings is 1. The van der Waals surface area contributed by atoms with Crippen molar-refractivity contribution in [3.63, 3.8) is 0 Å². The Kier molecular flexibility index (Phi) is 7.87. The van der Waals surface area contributed by atoms with Gasteiger partial charge in [-0.3, -0.25) is 19.2 Å². The van der Waals surface area contributed by atoms with Crippen molar-refractivity contribution in [2.24, 2.45) is 5.92 Å². The minimum atomic E-state index is -1.25. The van der Waals surface area contributed by atoms with E-state index in [9.17, 15) is 29.4 Å². The molecule has 10 heteroatoms. The van der Waals surface area contributed by atoms with E-state index in [-0.39, 0.29) is 22.7 Å². The molecule has 0 saturated heterocycles. The predicted molar refractivity (Wildman–Crippen MR) is 133 cm³/mol. The van der Waals surface area contributed by atoms with E-state index in [1.807, 2.05) is 13.8 Å². The van der Waals surface area contributed by atoms with Crippen LogP contribution in [0.15, 0.2) is 39.9 Å². The number of aliphatic carboxylic acids is 1. The van der Waals surface area contributed by atoms with E-state index in [4.69, 9.17) is 9.47 Å². The van der Waals surface area contributed by atoms with Crippen molar-refractivity contribution >= 4 is 22.8 Å². The fourth-order valence-corrected chi connectivity index (χ4v) is 4.36. The van der Waals surface area contributed by atoms with Crippen LogP contribution in [0.5, 0.6) is 11.5 Å². The molecule has 0 aliphatic rings. The average molecular weight is 499 g/mol. The Morgan fingerprint density at radius 1 is 1.03 bits per heavy atom. The van der Waals surface area contributed by atoms with Crippen LogP contribution in [0.4, 0.5) is 0 Å². The van der Waals surface area contributed by atoms with Crippen LogP contribution >= 0.6 is 0 Å². The molecule has 192 valence electrons. The molecule has 10 nitrogen and oxygen atoms in total. The molecule has 2 N–H and O–H groups in total. The lowest BCUT2D eigenvalue weighted by molar-refractivity contribution is -0.141. The summed E-state index contributed by atoms with van der Waals surface area (Å²) in [5, 5.41) is 20.7. The highest BCUT2D eigenvalue weighted by Gasteiger charge is 2.30. The Labute approximate surface area is 207 Å². The predicted octanol–water partition coefficient (Wildman–Crippen LogP) is 2.62. The molecular weight excluding hydrogens is 468 g/mol. The molecule has 0 amide bonds. The lowest BCUT2D eigenvalue weighted by atomic mass is 9.88. The normalized spacial score (nSPS) is 12.1. The smallest absolute Gasteiger partial charge is 0.323 e. The van der Waals surface area contributed by atoms with Gasteiger partial charge in [0.15, 0.2) is 0 Å². The summed E-state index contributed by atoms with van der Waals surface area (Å²) in [6.07, 6.45) is -0.415. The molecule has 0 saturated carbocycles. The summed E-state index contributed by atoms with van der Waals surface area (Å²) in [6, 6.07) is 8.06. The van der Waals surface area contributed by atoms with Crippen molar-refractivity contribution in [2.45, 2.75) is 46.2 Å². The number of ether oxygens (including phenoxy) is 2. The summed E-state index contributed by atoms with van der Waals surface area (Å²) < 4.78 is 12.7. The van der Waals surface area contributed by atoms with Gasteiger partial charge in [0.25, 0.3) is 11.1 Å². The summed E-state index contributed by atoms with van der Waals surface area (Å²) in [7, 11) is 2.70. The Balaban J connectivity index is 2.41. The highest BCUT2D eigenvalue weighted by molar-refractivity contribution is 5.82. The van der Waals surface area contributed by atoms with Gasteiger partial charge in [-0.2, -0.15) is 0 Å². The first kappa shape index (κ1) is 26.5. The number of carbonyl (C=O) groups is 2. The van der Waals surface area contributed by atoms with E-state index in [0.29, 0.717) is 23.2 Å². The molecule has 36 heavy (non-hydrogen) atoms. The average Bonchev–Trinajstić information content (AvgIpc) is 2.81. The molecule has 0 aliphatic heterocycles. The number of methoxy groups -OCH3 is 2. The van der Waals surface area contributed by atoms with Crippen molar-refractivity contribution in [1.29, 1.82) is 0 Å². The fourth-order valence-electron chi connectivity index (χ4n) is 4.36. The maximum atomic E-state index is 13.8. The van der Waals surface area contributed by atoms with E-state index >= 15 is 0 Å². The first-order chi connectivity index (χ1) is 17.0. The first-order valence-corrected chi connectivity index (χ1v) is 11.4. The molecule has 3 rings (SSSR count). The van der Waals surface area contributed by atoms with Gasteiger partial charge in [0.1, 0.15) is 18.0 Å². The number of carboxylic acids is 1. The molecular formula is C26H30N2O8. The topological polar surface area (TPSA) is 137 Å². The van der Waals surface area contributed by atoms with Gasteiger partial charge in [0, 0.05) is 29.1 Å². The van der Waals surface area contributed by atoms with Gasteiger partial charge in [-0.05, 0) is 43.2 Å². The molecule has 2 heterocycles. The van der Waals surface area contributed by atoms with Gasteiger partial charge in [-0.1, -0.05) is 13.8 Å². The number of carbonyl (C=O) groups excluding carboxylic acids is 1. The highest BCUT2D eigenvalue weighted by atomic mass is 16.5. The number of pyridine rings is 2. The number of fused-ring (bicyclic) bond motifs is 1. The second kappa shape index (κ2) is 10.7. The Bertz CT molecular complexity index is 1430. The summed E-state index contributed by atoms with van der Waals surface area (Å²) in [5.74, 6) is -2.93. The largest absolute Gasteiger partial charge is 0.507 e. The number of aromatic hydroxyl groups is 1. The first-order valence-electron chi connectivity index (χ1n) is 11.4. The van der Waals surface area contributed by atoms with Gasteiger partial charge < -0.3 is 28.8 Å². The minimum Gasteiger partial charge on any atom is -0.507 e. The zero-order valence-electron chi connectivity index (χ0n) is 20.9. The van der Waals surface area contributed by atoms with Crippen LogP contribution < -0.4 is 15.9 Å². The third-order valence-corrected chi connectivity index (χ3v) is 6.01. The SMILES string of the molecule is COC(=O)C[C@H](c1c(O)cc(C)n(CC(=O)O)c1=O)c1cc2cc(OC)ccc2n(CC(C)C)c1=O. The highest BCUT2D eigenvalue weighted by Crippen LogP contribution is 2.33. The molecule has 0 spiro atoms. The van der Waals surface area contributed by atoms with Gasteiger partial charge in [-0.15, -0.1) is 0 Å². The molecule has 0 fully saturated rings. The summed E-state index contributed by atoms with van der Waals surface area (Å²) in [5.41, 5.74) is -0.515. The summed E-state index contributed by atoms with van der Waals surface area (Å²) >= 11 is 0. The lowest BCUT2D eigenvalue weighted by Gasteiger charge is -2.22. The number of aromatic nitrogens is 2. The third-order valence-electron chi connectivity index (χ3n) is 6.01. The third kappa shape index (κ3) is 5.27. The van der Waals surface area contributed by atoms with Crippen LogP contribution in [0.2, 0.25) is 0 Å². The van der Waals surface area contributed by atoms with Crippen LogP contribution in [0.3, 0.4) is 0 Å². The number of carboxylic acid groups (broad SMARTS) is 1. The molecule has 0 radical (unpaired) electrons. The van der Waals surface area contributed by atoms with Crippen LogP contribution in [0.1, 0.15) is 43.0 Å². The van der Waals surface area contributed by atoms with E-state index in [0.717, 1.165) is 4.57 Å². The second-order valence-electron chi connectivity index (χ2n) is 9.04. The number of aryl methyl sites for hydroxylation is 1. The van der Waals surface area contributed by atoms with Crippen LogP contribution in [0, 0.1) is 12.8 Å². The van der Waals surface area contributed by atoms with Crippen LogP contribution in [0.25, 0.3) is 10.9 Å². The number of hydrogen-bond donors (Lipinski definition) is 2. The monoisotopic (exact) mass is 498 g/mol. The van der Waals surface area contributed by atoms with Gasteiger partial charge in [-0.25, -0.2) is 0 Å². The zero-order chi connectivity index (χ0) is 26.7. The van der Waals surface area contributed by atoms with Crippen molar-refractivity contribution in [1.82, 2.24) is 9.13 Å². The van der Waals surface area contributed by atoms with Crippen LogP contribution in [-0.2, 0) is 27.4 Å². The van der Waals surface area contributed by atoms with Crippen molar-refractivity contribution in [2.75, 3.05) is 14.2 Å². The quantitative estimate of drug-likeness (QED) is 0.430. The summed E-state index contributed by atoms with van der Waals surface area (Å²) in [4.78, 5) is 51.0. The van der Waals surface area contributed by atoms with Crippen molar-refractivity contribution in [3.05, 3.63) is 67.9 Å². The molecule has 1 aromatic carbocycles. The number of esters is 1. The Hall–Kier alpha value is -4.08. The standard InChI is InChI=1S/C26H30N2O8/c1-14(2)12-28-20-7-6-17(35-4)9-16(20)10-19(25(28)33)18(11-23(32)36-5)24-21(29)8-15(3)27(26(24)34)13-22(30)31/h6-10,14,18,29H,11-13H2,1-5H3,(H,30,31)/t18-/m0/s1. The number of nitrogens with zero attached hydrogens (tertiary/aromatic N) is 2. The molecule has 0 aliphatic carbocycles. The molecule has 2 aromatic heterocycles. The van der Waals surface area contributed by atoms with E-state index < -0.39 is 47.7 Å². The molecule has 0 unspecified atom stereocenters. The van der Waals surface area contributed by atoms with Gasteiger partial charge in [0.05, 0.1) is 31.7 Å². The Morgan fingerprint density at radius 2 is 1.72 bits per heavy atom. The lowest BCUT2D eigenvalue weighted by Crippen LogP contribution is -2.34. The van der Waals surface area contributed by atoms with Gasteiger partial charge in [0.2, 0.25) is 0 Å². The fraction of sp³-hybridized carbons (Fsp3) is 0.385. The maximum absolute atomic E-state index is 13.8.